The van der Waals surface area contributed by atoms with Crippen LogP contribution in [0.4, 0.5) is 0 Å². The SMILES string of the molecule is O=C(O)C1C=C([N+](=O)[O-])C=C([N+](=O)[O-])C1=O. The fourth-order valence-electron chi connectivity index (χ4n) is 1.10. The minimum absolute atomic E-state index is 0.446. The number of Topliss-reactive ketones (excluding diaryl/α,β-unsaturated/α-hetero) is 1. The quantitative estimate of drug-likeness (QED) is 0.393. The molecule has 0 heterocycles. The van der Waals surface area contributed by atoms with Crippen LogP contribution >= 0.6 is 0 Å². The normalized spacial score (nSPS) is 19.8. The van der Waals surface area contributed by atoms with Gasteiger partial charge in [0.15, 0.2) is 5.92 Å². The molecule has 0 radical (unpaired) electrons. The van der Waals surface area contributed by atoms with Gasteiger partial charge in [0.1, 0.15) is 0 Å². The Morgan fingerprint density at radius 1 is 1.31 bits per heavy atom. The summed E-state index contributed by atoms with van der Waals surface area (Å²) < 4.78 is 0. The molecule has 0 amide bonds. The number of allylic oxidation sites excluding steroid dienone is 2. The molecule has 1 unspecified atom stereocenters. The van der Waals surface area contributed by atoms with Crippen LogP contribution in [0.2, 0.25) is 0 Å². The van der Waals surface area contributed by atoms with Gasteiger partial charge >= 0.3 is 11.7 Å². The van der Waals surface area contributed by atoms with E-state index in [4.69, 9.17) is 5.11 Å². The number of carboxylic acid groups (broad SMARTS) is 1. The minimum atomic E-state index is -1.88. The van der Waals surface area contributed by atoms with Gasteiger partial charge in [-0.1, -0.05) is 0 Å². The smallest absolute Gasteiger partial charge is 0.320 e. The Morgan fingerprint density at radius 3 is 2.25 bits per heavy atom. The molecule has 84 valence electrons. The molecule has 1 aliphatic carbocycles. The first-order chi connectivity index (χ1) is 7.34. The molecule has 0 spiro atoms. The van der Waals surface area contributed by atoms with Gasteiger partial charge in [0, 0.05) is 6.08 Å². The molecule has 1 rings (SSSR count). The number of ketones is 1. The molecule has 0 bridgehead atoms. The van der Waals surface area contributed by atoms with E-state index in [-0.39, 0.29) is 0 Å². The highest BCUT2D eigenvalue weighted by atomic mass is 16.6. The summed E-state index contributed by atoms with van der Waals surface area (Å²) in [6.07, 6.45) is 1.01. The number of carbonyl (C=O) groups is 2. The highest BCUT2D eigenvalue weighted by Crippen LogP contribution is 2.20. The molecule has 16 heavy (non-hydrogen) atoms. The molecule has 1 atom stereocenters. The standard InChI is InChI=1S/C7H4N2O7/c10-6-4(7(11)12)1-3(8(13)14)2-5(6)9(15)16/h1-2,4H,(H,11,12). The molecule has 0 aromatic heterocycles. The molecule has 0 saturated heterocycles. The van der Waals surface area contributed by atoms with Crippen molar-refractivity contribution in [2.45, 2.75) is 0 Å². The van der Waals surface area contributed by atoms with Gasteiger partial charge in [-0.25, -0.2) is 0 Å². The van der Waals surface area contributed by atoms with Crippen LogP contribution in [0.25, 0.3) is 0 Å². The lowest BCUT2D eigenvalue weighted by atomic mass is 9.95. The van der Waals surface area contributed by atoms with E-state index >= 15 is 0 Å². The maximum atomic E-state index is 11.2. The van der Waals surface area contributed by atoms with E-state index in [2.05, 4.69) is 0 Å². The van der Waals surface area contributed by atoms with Crippen molar-refractivity contribution < 1.29 is 24.5 Å². The van der Waals surface area contributed by atoms with E-state index in [1.165, 1.54) is 0 Å². The van der Waals surface area contributed by atoms with Gasteiger partial charge < -0.3 is 5.11 Å². The summed E-state index contributed by atoms with van der Waals surface area (Å²) >= 11 is 0. The van der Waals surface area contributed by atoms with Crippen LogP contribution in [0.1, 0.15) is 0 Å². The zero-order valence-corrected chi connectivity index (χ0v) is 7.52. The van der Waals surface area contributed by atoms with Crippen molar-refractivity contribution in [3.63, 3.8) is 0 Å². The number of nitro groups is 2. The van der Waals surface area contributed by atoms with Crippen LogP contribution in [0.3, 0.4) is 0 Å². The highest BCUT2D eigenvalue weighted by molar-refractivity contribution is 6.09. The zero-order valence-electron chi connectivity index (χ0n) is 7.52. The van der Waals surface area contributed by atoms with Gasteiger partial charge in [0.2, 0.25) is 0 Å². The Hall–Kier alpha value is -2.58. The van der Waals surface area contributed by atoms with Crippen LogP contribution in [-0.4, -0.2) is 26.7 Å². The fraction of sp³-hybridized carbons (Fsp3) is 0.143. The third kappa shape index (κ3) is 1.92. The van der Waals surface area contributed by atoms with E-state index in [1.54, 1.807) is 0 Å². The summed E-state index contributed by atoms with van der Waals surface area (Å²) in [5.74, 6) is -4.83. The molecule has 9 heteroatoms. The number of aliphatic carboxylic acids is 1. The molecule has 0 fully saturated rings. The largest absolute Gasteiger partial charge is 0.480 e. The Kier molecular flexibility index (Phi) is 2.79. The Morgan fingerprint density at radius 2 is 1.88 bits per heavy atom. The first-order valence-corrected chi connectivity index (χ1v) is 3.84. The van der Waals surface area contributed by atoms with Crippen LogP contribution in [0.15, 0.2) is 23.5 Å². The number of carbonyl (C=O) groups excluding carboxylic acids is 1. The van der Waals surface area contributed by atoms with Crippen molar-refractivity contribution in [3.8, 4) is 0 Å². The maximum Gasteiger partial charge on any atom is 0.320 e. The van der Waals surface area contributed by atoms with Crippen LogP contribution in [0, 0.1) is 26.1 Å². The summed E-state index contributed by atoms with van der Waals surface area (Å²) in [4.78, 5) is 40.4. The van der Waals surface area contributed by atoms with Crippen molar-refractivity contribution in [1.29, 1.82) is 0 Å². The number of hydrogen-bond donors (Lipinski definition) is 1. The molecule has 0 aromatic carbocycles. The van der Waals surface area contributed by atoms with Gasteiger partial charge in [0.05, 0.1) is 15.9 Å². The fourth-order valence-corrected chi connectivity index (χ4v) is 1.10. The summed E-state index contributed by atoms with van der Waals surface area (Å²) in [5, 5.41) is 29.3. The molecular weight excluding hydrogens is 224 g/mol. The predicted molar refractivity (Wildman–Crippen MR) is 46.3 cm³/mol. The monoisotopic (exact) mass is 228 g/mol. The van der Waals surface area contributed by atoms with Gasteiger partial charge in [0.25, 0.3) is 11.5 Å². The molecule has 1 N–H and O–H groups in total. The summed E-state index contributed by atoms with van der Waals surface area (Å²) in [6.45, 7) is 0. The summed E-state index contributed by atoms with van der Waals surface area (Å²) in [7, 11) is 0. The third-order valence-corrected chi connectivity index (χ3v) is 1.83. The van der Waals surface area contributed by atoms with Crippen molar-refractivity contribution in [2.24, 2.45) is 5.92 Å². The third-order valence-electron chi connectivity index (χ3n) is 1.83. The van der Waals surface area contributed by atoms with E-state index in [1.807, 2.05) is 0 Å². The predicted octanol–water partition coefficient (Wildman–Crippen LogP) is -0.409. The molecule has 0 aliphatic heterocycles. The van der Waals surface area contributed by atoms with Crippen molar-refractivity contribution in [3.05, 3.63) is 43.8 Å². The van der Waals surface area contributed by atoms with Gasteiger partial charge in [-0.2, -0.15) is 0 Å². The van der Waals surface area contributed by atoms with Crippen LogP contribution in [0.5, 0.6) is 0 Å². The second-order valence-corrected chi connectivity index (χ2v) is 2.82. The summed E-state index contributed by atoms with van der Waals surface area (Å²) in [5.41, 5.74) is -1.87. The lowest BCUT2D eigenvalue weighted by molar-refractivity contribution is -0.432. The Balaban J connectivity index is 3.28. The molecule has 1 aliphatic rings. The minimum Gasteiger partial charge on any atom is -0.480 e. The number of carboxylic acids is 1. The summed E-state index contributed by atoms with van der Waals surface area (Å²) in [6, 6.07) is 0. The van der Waals surface area contributed by atoms with Gasteiger partial charge in [-0.05, 0) is 0 Å². The zero-order chi connectivity index (χ0) is 12.5. The Bertz CT molecular complexity index is 461. The van der Waals surface area contributed by atoms with E-state index in [0.29, 0.717) is 12.2 Å². The topological polar surface area (TPSA) is 141 Å². The van der Waals surface area contributed by atoms with E-state index in [9.17, 15) is 29.8 Å². The molecule has 0 saturated carbocycles. The average molecular weight is 228 g/mol. The molecule has 9 nitrogen and oxygen atoms in total. The van der Waals surface area contributed by atoms with Gasteiger partial charge in [-0.3, -0.25) is 29.8 Å². The lowest BCUT2D eigenvalue weighted by Gasteiger charge is -2.08. The van der Waals surface area contributed by atoms with E-state index < -0.39 is 38.9 Å². The first-order valence-electron chi connectivity index (χ1n) is 3.84. The number of hydrogen-bond acceptors (Lipinski definition) is 6. The molecule has 0 aromatic rings. The van der Waals surface area contributed by atoms with Crippen LogP contribution in [-0.2, 0) is 9.59 Å². The molecular formula is C7H4N2O7. The lowest BCUT2D eigenvalue weighted by Crippen LogP contribution is -2.30. The number of nitrogens with zero attached hydrogens (tertiary/aromatic N) is 2. The second kappa shape index (κ2) is 3.88. The van der Waals surface area contributed by atoms with Crippen molar-refractivity contribution >= 4 is 11.8 Å². The number of rotatable bonds is 3. The maximum absolute atomic E-state index is 11.2. The van der Waals surface area contributed by atoms with Crippen molar-refractivity contribution in [2.75, 3.05) is 0 Å². The Labute approximate surface area is 87.0 Å². The average Bonchev–Trinajstić information content (AvgIpc) is 2.16. The highest BCUT2D eigenvalue weighted by Gasteiger charge is 2.40. The van der Waals surface area contributed by atoms with Gasteiger partial charge in [-0.15, -0.1) is 0 Å². The second-order valence-electron chi connectivity index (χ2n) is 2.82. The van der Waals surface area contributed by atoms with Crippen LogP contribution < -0.4 is 0 Å². The first kappa shape index (κ1) is 11.5. The van der Waals surface area contributed by atoms with E-state index in [0.717, 1.165) is 0 Å². The van der Waals surface area contributed by atoms with Crippen molar-refractivity contribution in [1.82, 2.24) is 0 Å².